The van der Waals surface area contributed by atoms with Crippen molar-refractivity contribution in [2.45, 2.75) is 32.9 Å². The number of halogens is 1. The number of pyridine rings is 1. The van der Waals surface area contributed by atoms with Crippen molar-refractivity contribution in [2.24, 2.45) is 0 Å². The molecule has 1 atom stereocenters. The third-order valence-corrected chi connectivity index (χ3v) is 2.24. The van der Waals surface area contributed by atoms with Crippen LogP contribution in [0.4, 0.5) is 0 Å². The molecule has 0 radical (unpaired) electrons. The summed E-state index contributed by atoms with van der Waals surface area (Å²) in [5.41, 5.74) is -0.280. The zero-order valence-electron chi connectivity index (χ0n) is 9.44. The van der Waals surface area contributed by atoms with Crippen LogP contribution in [-0.2, 0) is 9.53 Å². The summed E-state index contributed by atoms with van der Waals surface area (Å²) in [7, 11) is 0. The molecule has 0 amide bonds. The van der Waals surface area contributed by atoms with Crippen LogP contribution >= 0.6 is 11.6 Å². The highest BCUT2D eigenvalue weighted by molar-refractivity contribution is 6.30. The average Bonchev–Trinajstić information content (AvgIpc) is 2.19. The summed E-state index contributed by atoms with van der Waals surface area (Å²) >= 11 is 5.76. The molecule has 0 fully saturated rings. The van der Waals surface area contributed by atoms with Crippen LogP contribution < -0.4 is 5.56 Å². The van der Waals surface area contributed by atoms with Crippen LogP contribution in [0.3, 0.4) is 0 Å². The van der Waals surface area contributed by atoms with Crippen molar-refractivity contribution >= 4 is 17.6 Å². The Morgan fingerprint density at radius 2 is 2.00 bits per heavy atom. The molecule has 0 aliphatic carbocycles. The lowest BCUT2D eigenvalue weighted by Gasteiger charge is -2.16. The minimum atomic E-state index is -0.673. The van der Waals surface area contributed by atoms with Crippen molar-refractivity contribution in [3.63, 3.8) is 0 Å². The van der Waals surface area contributed by atoms with Gasteiger partial charge in [0.2, 0.25) is 0 Å². The average molecular weight is 244 g/mol. The monoisotopic (exact) mass is 243 g/mol. The Kier molecular flexibility index (Phi) is 4.12. The van der Waals surface area contributed by atoms with E-state index < -0.39 is 12.0 Å². The van der Waals surface area contributed by atoms with Crippen LogP contribution in [0.2, 0.25) is 5.02 Å². The Labute approximate surface area is 98.8 Å². The van der Waals surface area contributed by atoms with Crippen molar-refractivity contribution in [1.82, 2.24) is 4.57 Å². The molecule has 16 heavy (non-hydrogen) atoms. The van der Waals surface area contributed by atoms with Gasteiger partial charge in [-0.2, -0.15) is 0 Å². The summed E-state index contributed by atoms with van der Waals surface area (Å²) in [4.78, 5) is 23.1. The van der Waals surface area contributed by atoms with E-state index in [4.69, 9.17) is 16.3 Å². The number of carbonyl (C=O) groups excluding carboxylic acids is 1. The molecule has 1 rings (SSSR count). The number of aromatic nitrogens is 1. The number of esters is 1. The lowest BCUT2D eigenvalue weighted by Crippen LogP contribution is -2.29. The highest BCUT2D eigenvalue weighted by Crippen LogP contribution is 2.10. The first kappa shape index (κ1) is 12.8. The molecule has 1 heterocycles. The summed E-state index contributed by atoms with van der Waals surface area (Å²) in [6.07, 6.45) is 1.22. The summed E-state index contributed by atoms with van der Waals surface area (Å²) in [5, 5.41) is 0.406. The Hall–Kier alpha value is -1.29. The highest BCUT2D eigenvalue weighted by atomic mass is 35.5. The predicted molar refractivity (Wildman–Crippen MR) is 61.7 cm³/mol. The van der Waals surface area contributed by atoms with Gasteiger partial charge in [-0.05, 0) is 26.8 Å². The molecule has 4 nitrogen and oxygen atoms in total. The van der Waals surface area contributed by atoms with Gasteiger partial charge in [-0.25, -0.2) is 4.79 Å². The molecule has 1 aromatic heterocycles. The van der Waals surface area contributed by atoms with Crippen molar-refractivity contribution in [3.05, 3.63) is 33.7 Å². The first-order valence-corrected chi connectivity index (χ1v) is 5.38. The van der Waals surface area contributed by atoms with Gasteiger partial charge in [-0.1, -0.05) is 11.6 Å². The smallest absolute Gasteiger partial charge is 0.329 e. The second-order valence-corrected chi connectivity index (χ2v) is 4.19. The van der Waals surface area contributed by atoms with Crippen LogP contribution in [0, 0.1) is 0 Å². The van der Waals surface area contributed by atoms with Gasteiger partial charge >= 0.3 is 5.97 Å². The number of carbonyl (C=O) groups is 1. The summed E-state index contributed by atoms with van der Waals surface area (Å²) in [5.74, 6) is -0.445. The van der Waals surface area contributed by atoms with Crippen LogP contribution in [-0.4, -0.2) is 16.6 Å². The van der Waals surface area contributed by atoms with Crippen LogP contribution in [0.1, 0.15) is 26.8 Å². The standard InChI is InChI=1S/C11H14ClNO3/c1-7(2)16-11(15)8(3)13-6-9(12)4-5-10(13)14/h4-8H,1-3H3. The molecule has 0 aliphatic rings. The van der Waals surface area contributed by atoms with E-state index in [0.717, 1.165) is 0 Å². The molecule has 88 valence electrons. The normalized spacial score (nSPS) is 12.6. The molecule has 0 aliphatic heterocycles. The molecule has 1 unspecified atom stereocenters. The largest absolute Gasteiger partial charge is 0.461 e. The van der Waals surface area contributed by atoms with Crippen molar-refractivity contribution in [1.29, 1.82) is 0 Å². The molecule has 5 heteroatoms. The van der Waals surface area contributed by atoms with E-state index in [0.29, 0.717) is 5.02 Å². The Morgan fingerprint density at radius 1 is 1.38 bits per heavy atom. The maximum atomic E-state index is 11.6. The number of hydrogen-bond acceptors (Lipinski definition) is 3. The van der Waals surface area contributed by atoms with Crippen molar-refractivity contribution in [3.8, 4) is 0 Å². The minimum Gasteiger partial charge on any atom is -0.461 e. The molecular weight excluding hydrogens is 230 g/mol. The van der Waals surface area contributed by atoms with Gasteiger partial charge in [0.05, 0.1) is 11.1 Å². The molecule has 0 saturated heterocycles. The topological polar surface area (TPSA) is 48.3 Å². The van der Waals surface area contributed by atoms with Crippen LogP contribution in [0.25, 0.3) is 0 Å². The zero-order valence-corrected chi connectivity index (χ0v) is 10.2. The number of rotatable bonds is 3. The van der Waals surface area contributed by atoms with Gasteiger partial charge in [0.25, 0.3) is 5.56 Å². The molecule has 0 saturated carbocycles. The molecule has 1 aromatic rings. The van der Waals surface area contributed by atoms with Crippen LogP contribution in [0.15, 0.2) is 23.1 Å². The Bertz CT molecular complexity index is 439. The van der Waals surface area contributed by atoms with Gasteiger partial charge in [0, 0.05) is 12.3 Å². The Morgan fingerprint density at radius 3 is 2.56 bits per heavy atom. The third kappa shape index (κ3) is 3.10. The lowest BCUT2D eigenvalue weighted by atomic mass is 10.3. The van der Waals surface area contributed by atoms with Gasteiger partial charge in [0.1, 0.15) is 6.04 Å². The Balaban J connectivity index is 2.96. The number of nitrogens with zero attached hydrogens (tertiary/aromatic N) is 1. The first-order chi connectivity index (χ1) is 7.41. The molecule has 0 aromatic carbocycles. The number of ether oxygens (including phenoxy) is 1. The van der Waals surface area contributed by atoms with E-state index in [9.17, 15) is 9.59 Å². The first-order valence-electron chi connectivity index (χ1n) is 5.00. The predicted octanol–water partition coefficient (Wildman–Crippen LogP) is 2.01. The van der Waals surface area contributed by atoms with Crippen LogP contribution in [0.5, 0.6) is 0 Å². The third-order valence-electron chi connectivity index (χ3n) is 2.01. The molecule has 0 spiro atoms. The summed E-state index contributed by atoms with van der Waals surface area (Å²) < 4.78 is 6.28. The van der Waals surface area contributed by atoms with E-state index in [-0.39, 0.29) is 11.7 Å². The van der Waals surface area contributed by atoms with E-state index in [1.54, 1.807) is 20.8 Å². The molecule has 0 N–H and O–H groups in total. The maximum absolute atomic E-state index is 11.6. The van der Waals surface area contributed by atoms with Gasteiger partial charge < -0.3 is 9.30 Å². The number of hydrogen-bond donors (Lipinski definition) is 0. The summed E-state index contributed by atoms with van der Waals surface area (Å²) in [6, 6.07) is 2.14. The van der Waals surface area contributed by atoms with E-state index in [1.807, 2.05) is 0 Å². The van der Waals surface area contributed by atoms with Gasteiger partial charge in [-0.3, -0.25) is 4.79 Å². The van der Waals surface area contributed by atoms with Crippen molar-refractivity contribution < 1.29 is 9.53 Å². The van der Waals surface area contributed by atoms with Gasteiger partial charge in [-0.15, -0.1) is 0 Å². The fraction of sp³-hybridized carbons (Fsp3) is 0.455. The van der Waals surface area contributed by atoms with E-state index in [2.05, 4.69) is 0 Å². The SMILES string of the molecule is CC(C)OC(=O)C(C)n1cc(Cl)ccc1=O. The quantitative estimate of drug-likeness (QED) is 0.763. The zero-order chi connectivity index (χ0) is 12.3. The van der Waals surface area contributed by atoms with E-state index >= 15 is 0 Å². The van der Waals surface area contributed by atoms with Crippen molar-refractivity contribution in [2.75, 3.05) is 0 Å². The van der Waals surface area contributed by atoms with E-state index in [1.165, 1.54) is 22.9 Å². The summed E-state index contributed by atoms with van der Waals surface area (Å²) in [6.45, 7) is 5.11. The fourth-order valence-corrected chi connectivity index (χ4v) is 1.39. The molecular formula is C11H14ClNO3. The second-order valence-electron chi connectivity index (χ2n) is 3.75. The highest BCUT2D eigenvalue weighted by Gasteiger charge is 2.18. The lowest BCUT2D eigenvalue weighted by molar-refractivity contribution is -0.151. The molecule has 0 bridgehead atoms. The second kappa shape index (κ2) is 5.16. The minimum absolute atomic E-state index is 0.204. The van der Waals surface area contributed by atoms with Gasteiger partial charge in [0.15, 0.2) is 0 Å². The maximum Gasteiger partial charge on any atom is 0.329 e. The fourth-order valence-electron chi connectivity index (χ4n) is 1.22.